The molecule has 4 atom stereocenters. The van der Waals surface area contributed by atoms with Crippen LogP contribution in [0.15, 0.2) is 29.2 Å². The molecule has 2 aromatic rings. The summed E-state index contributed by atoms with van der Waals surface area (Å²) in [6.07, 6.45) is -3.12. The number of aromatic nitrogens is 2. The maximum atomic E-state index is 14.9. The van der Waals surface area contributed by atoms with Gasteiger partial charge in [-0.15, -0.1) is 0 Å². The Kier molecular flexibility index (Phi) is 6.51. The average molecular weight is 659 g/mol. The number of rotatable bonds is 4. The largest absolute Gasteiger partial charge is 0.466 e. The van der Waals surface area contributed by atoms with Crippen LogP contribution in [0.2, 0.25) is 0 Å². The second kappa shape index (κ2) is 8.86. The Morgan fingerprint density at radius 3 is 2.90 bits per heavy atom. The standard InChI is InChI=1S/C18H16FI2N3O7/c19-18(21)14(26)11(5-25)31-16(18)24-2-1-12(23-17(24)28)22-15(27)10-4-9(20)3-8-6-29-7-30-13(8)10/h1-4,11,14,16,25-26H,5-7H2,(H,22,23,27,28)/t11-,14-,16?,18?/m1/s1. The van der Waals surface area contributed by atoms with Crippen LogP contribution in [0.25, 0.3) is 0 Å². The van der Waals surface area contributed by atoms with Crippen molar-refractivity contribution in [1.29, 1.82) is 0 Å². The van der Waals surface area contributed by atoms with Gasteiger partial charge in [-0.3, -0.25) is 9.36 Å². The molecule has 1 aromatic carbocycles. The molecule has 31 heavy (non-hydrogen) atoms. The van der Waals surface area contributed by atoms with E-state index >= 15 is 0 Å². The minimum absolute atomic E-state index is 0.0194. The molecule has 3 heterocycles. The van der Waals surface area contributed by atoms with E-state index in [1.54, 1.807) is 6.07 Å². The van der Waals surface area contributed by atoms with Gasteiger partial charge in [0.2, 0.25) is 3.68 Å². The summed E-state index contributed by atoms with van der Waals surface area (Å²) >= 11 is 3.41. The van der Waals surface area contributed by atoms with E-state index in [1.807, 2.05) is 6.07 Å². The lowest BCUT2D eigenvalue weighted by Gasteiger charge is -2.23. The molecule has 1 fully saturated rings. The van der Waals surface area contributed by atoms with Crippen molar-refractivity contribution in [2.24, 2.45) is 0 Å². The molecule has 4 rings (SSSR count). The van der Waals surface area contributed by atoms with Crippen molar-refractivity contribution in [1.82, 2.24) is 9.55 Å². The number of halogens is 3. The smallest absolute Gasteiger partial charge is 0.351 e. The Morgan fingerprint density at radius 1 is 1.45 bits per heavy atom. The van der Waals surface area contributed by atoms with E-state index in [1.165, 1.54) is 34.9 Å². The zero-order valence-electron chi connectivity index (χ0n) is 15.6. The number of aliphatic hydroxyl groups is 2. The highest BCUT2D eigenvalue weighted by atomic mass is 127. The molecule has 10 nitrogen and oxygen atoms in total. The number of benzene rings is 1. The second-order valence-corrected chi connectivity index (χ2v) is 9.74. The zero-order valence-corrected chi connectivity index (χ0v) is 19.9. The summed E-state index contributed by atoms with van der Waals surface area (Å²) in [5.41, 5.74) is 0.0873. The molecule has 2 aliphatic rings. The van der Waals surface area contributed by atoms with Crippen LogP contribution in [0, 0.1) is 3.57 Å². The molecule has 13 heteroatoms. The van der Waals surface area contributed by atoms with Crippen LogP contribution in [-0.2, 0) is 16.1 Å². The number of nitrogens with one attached hydrogen (secondary N) is 1. The highest BCUT2D eigenvalue weighted by Crippen LogP contribution is 2.45. The molecule has 1 aromatic heterocycles. The van der Waals surface area contributed by atoms with Crippen molar-refractivity contribution >= 4 is 56.9 Å². The number of ether oxygens (including phenoxy) is 3. The van der Waals surface area contributed by atoms with E-state index in [9.17, 15) is 24.2 Å². The number of aliphatic hydroxyl groups excluding tert-OH is 2. The number of amides is 1. The van der Waals surface area contributed by atoms with Crippen molar-refractivity contribution in [3.63, 3.8) is 0 Å². The normalized spacial score (nSPS) is 27.5. The van der Waals surface area contributed by atoms with E-state index in [0.717, 1.165) is 13.7 Å². The predicted molar refractivity (Wildman–Crippen MR) is 121 cm³/mol. The molecule has 0 aliphatic carbocycles. The van der Waals surface area contributed by atoms with Gasteiger partial charge in [0.1, 0.15) is 23.8 Å². The van der Waals surface area contributed by atoms with Crippen molar-refractivity contribution in [3.8, 4) is 5.75 Å². The summed E-state index contributed by atoms with van der Waals surface area (Å²) in [4.78, 5) is 29.0. The van der Waals surface area contributed by atoms with Gasteiger partial charge in [-0.2, -0.15) is 4.98 Å². The third kappa shape index (κ3) is 4.30. The predicted octanol–water partition coefficient (Wildman–Crippen LogP) is 1.32. The Morgan fingerprint density at radius 2 is 2.23 bits per heavy atom. The summed E-state index contributed by atoms with van der Waals surface area (Å²) in [5.74, 6) is -0.197. The summed E-state index contributed by atoms with van der Waals surface area (Å²) in [6, 6.07) is 4.78. The first kappa shape index (κ1) is 22.8. The topological polar surface area (TPSA) is 132 Å². The first-order chi connectivity index (χ1) is 14.7. The van der Waals surface area contributed by atoms with Gasteiger partial charge in [0.05, 0.1) is 18.8 Å². The van der Waals surface area contributed by atoms with Crippen LogP contribution in [-0.4, -0.2) is 55.0 Å². The minimum Gasteiger partial charge on any atom is -0.466 e. The lowest BCUT2D eigenvalue weighted by Crippen LogP contribution is -2.40. The van der Waals surface area contributed by atoms with Gasteiger partial charge < -0.3 is 29.7 Å². The maximum Gasteiger partial charge on any atom is 0.351 e. The number of hydrogen-bond donors (Lipinski definition) is 3. The third-order valence-corrected chi connectivity index (χ3v) is 6.60. The molecule has 0 saturated carbocycles. The monoisotopic (exact) mass is 659 g/mol. The van der Waals surface area contributed by atoms with Crippen LogP contribution >= 0.6 is 45.2 Å². The quantitative estimate of drug-likeness (QED) is 0.331. The number of carbonyl (C=O) groups is 1. The van der Waals surface area contributed by atoms with Gasteiger partial charge in [-0.1, -0.05) is 0 Å². The van der Waals surface area contributed by atoms with Crippen LogP contribution < -0.4 is 15.7 Å². The van der Waals surface area contributed by atoms with Crippen molar-refractivity contribution in [2.75, 3.05) is 18.7 Å². The zero-order chi connectivity index (χ0) is 22.3. The molecule has 0 bridgehead atoms. The lowest BCUT2D eigenvalue weighted by atomic mass is 10.1. The van der Waals surface area contributed by atoms with E-state index in [-0.39, 0.29) is 18.2 Å². The fourth-order valence-electron chi connectivity index (χ4n) is 3.31. The highest BCUT2D eigenvalue weighted by molar-refractivity contribution is 14.1. The number of carbonyl (C=O) groups excluding carboxylic acids is 1. The molecule has 1 amide bonds. The van der Waals surface area contributed by atoms with Gasteiger partial charge in [-0.25, -0.2) is 9.18 Å². The van der Waals surface area contributed by atoms with Crippen molar-refractivity contribution in [3.05, 3.63) is 49.6 Å². The summed E-state index contributed by atoms with van der Waals surface area (Å²) in [7, 11) is 0. The summed E-state index contributed by atoms with van der Waals surface area (Å²) < 4.78 is 30.2. The molecule has 2 aliphatic heterocycles. The van der Waals surface area contributed by atoms with Crippen LogP contribution in [0.4, 0.5) is 10.2 Å². The SMILES string of the molecule is O=C(Nc1ccn(C2O[C@H](CO)[C@@H](O)C2(F)I)c(=O)n1)c1cc(I)cc2c1OCOC2. The molecule has 1 saturated heterocycles. The highest BCUT2D eigenvalue weighted by Gasteiger charge is 2.56. The second-order valence-electron chi connectivity index (χ2n) is 6.84. The molecule has 3 N–H and O–H groups in total. The fraction of sp³-hybridized carbons (Fsp3) is 0.389. The number of anilines is 1. The minimum atomic E-state index is -2.36. The number of alkyl halides is 2. The molecular formula is C18H16FI2N3O7. The molecule has 2 unspecified atom stereocenters. The lowest BCUT2D eigenvalue weighted by molar-refractivity contribution is -0.0499. The van der Waals surface area contributed by atoms with E-state index < -0.39 is 40.3 Å². The van der Waals surface area contributed by atoms with E-state index in [4.69, 9.17) is 14.2 Å². The van der Waals surface area contributed by atoms with Gasteiger partial charge >= 0.3 is 5.69 Å². The molecule has 0 spiro atoms. The van der Waals surface area contributed by atoms with Crippen molar-refractivity contribution < 1.29 is 33.6 Å². The number of nitrogens with zero attached hydrogens (tertiary/aromatic N) is 2. The Bertz CT molecular complexity index is 1080. The average Bonchev–Trinajstić information content (AvgIpc) is 2.96. The van der Waals surface area contributed by atoms with Gasteiger partial charge in [-0.05, 0) is 63.4 Å². The Hall–Kier alpha value is -1.40. The Balaban J connectivity index is 1.58. The molecule has 166 valence electrons. The fourth-order valence-corrected chi connectivity index (χ4v) is 4.85. The summed E-state index contributed by atoms with van der Waals surface area (Å²) in [5, 5.41) is 21.7. The van der Waals surface area contributed by atoms with Gasteiger partial charge in [0, 0.05) is 15.3 Å². The third-order valence-electron chi connectivity index (χ3n) is 4.80. The maximum absolute atomic E-state index is 14.9. The molecular weight excluding hydrogens is 643 g/mol. The number of fused-ring (bicyclic) bond motifs is 1. The molecule has 0 radical (unpaired) electrons. The van der Waals surface area contributed by atoms with Crippen LogP contribution in [0.5, 0.6) is 5.75 Å². The van der Waals surface area contributed by atoms with Crippen LogP contribution in [0.1, 0.15) is 22.1 Å². The van der Waals surface area contributed by atoms with E-state index in [0.29, 0.717) is 12.4 Å². The van der Waals surface area contributed by atoms with E-state index in [2.05, 4.69) is 32.9 Å². The van der Waals surface area contributed by atoms with Gasteiger partial charge in [0.15, 0.2) is 13.0 Å². The summed E-state index contributed by atoms with van der Waals surface area (Å²) in [6.45, 7) is -0.286. The van der Waals surface area contributed by atoms with Gasteiger partial charge in [0.25, 0.3) is 5.91 Å². The number of hydrogen-bond acceptors (Lipinski definition) is 8. The Labute approximate surface area is 202 Å². The van der Waals surface area contributed by atoms with Crippen molar-refractivity contribution in [2.45, 2.75) is 28.7 Å². The van der Waals surface area contributed by atoms with Crippen LogP contribution in [0.3, 0.4) is 0 Å². The first-order valence-electron chi connectivity index (χ1n) is 8.98. The first-order valence-corrected chi connectivity index (χ1v) is 11.1.